The highest BCUT2D eigenvalue weighted by Crippen LogP contribution is 2.40. The topological polar surface area (TPSA) is 35.5 Å². The highest BCUT2D eigenvalue weighted by molar-refractivity contribution is 9.09. The molecule has 1 unspecified atom stereocenters. The minimum Gasteiger partial charge on any atom is -0.345 e. The maximum atomic E-state index is 12.8. The van der Waals surface area contributed by atoms with Crippen molar-refractivity contribution in [2.75, 3.05) is 5.75 Å². The molecule has 2 aromatic rings. The summed E-state index contributed by atoms with van der Waals surface area (Å²) < 4.78 is 25.0. The van der Waals surface area contributed by atoms with E-state index in [9.17, 15) is 4.21 Å². The summed E-state index contributed by atoms with van der Waals surface area (Å²) in [5, 5.41) is 0. The van der Waals surface area contributed by atoms with Crippen molar-refractivity contribution in [3.8, 4) is 0 Å². The Labute approximate surface area is 160 Å². The minimum atomic E-state index is -1.13. The van der Waals surface area contributed by atoms with E-state index in [0.717, 1.165) is 16.0 Å². The molecule has 0 amide bonds. The van der Waals surface area contributed by atoms with E-state index >= 15 is 0 Å². The highest BCUT2D eigenvalue weighted by Gasteiger charge is 2.43. The third-order valence-corrected chi connectivity index (χ3v) is 6.72. The van der Waals surface area contributed by atoms with Gasteiger partial charge in [0.1, 0.15) is 6.10 Å². The first-order valence-electron chi connectivity index (χ1n) is 8.35. The zero-order valence-electron chi connectivity index (χ0n) is 14.6. The minimum absolute atomic E-state index is 0.0719. The van der Waals surface area contributed by atoms with Crippen LogP contribution in [0.5, 0.6) is 0 Å². The zero-order chi connectivity index (χ0) is 18.0. The van der Waals surface area contributed by atoms with Gasteiger partial charge in [0.05, 0.1) is 27.5 Å². The number of hydrogen-bond acceptors (Lipinski definition) is 3. The lowest BCUT2D eigenvalue weighted by Crippen LogP contribution is -2.49. The summed E-state index contributed by atoms with van der Waals surface area (Å²) in [7, 11) is -1.13. The largest absolute Gasteiger partial charge is 0.345 e. The van der Waals surface area contributed by atoms with Gasteiger partial charge >= 0.3 is 0 Å². The van der Waals surface area contributed by atoms with Crippen molar-refractivity contribution in [2.24, 2.45) is 0 Å². The standard InChI is InChI=1S/C20H23BrO3S/c1-14-9-11-16(12-10-14)25(22)13-17-18(21)19(24-20(2,3)23-17)15-7-5-4-6-8-15/h4-12,17-19H,13H2,1-3H3/t17-,18-,19+,25?/m0/s1. The third-order valence-electron chi connectivity index (χ3n) is 4.22. The molecule has 0 aliphatic carbocycles. The predicted molar refractivity (Wildman–Crippen MR) is 104 cm³/mol. The van der Waals surface area contributed by atoms with Gasteiger partial charge in [0.25, 0.3) is 0 Å². The van der Waals surface area contributed by atoms with Crippen LogP contribution in [-0.2, 0) is 20.3 Å². The van der Waals surface area contributed by atoms with Crippen LogP contribution in [0.15, 0.2) is 59.5 Å². The molecule has 0 spiro atoms. The lowest BCUT2D eigenvalue weighted by molar-refractivity contribution is -0.293. The fraction of sp³-hybridized carbons (Fsp3) is 0.400. The van der Waals surface area contributed by atoms with Gasteiger partial charge in [-0.3, -0.25) is 4.21 Å². The fourth-order valence-corrected chi connectivity index (χ4v) is 5.14. The molecule has 25 heavy (non-hydrogen) atoms. The molecule has 3 rings (SSSR count). The van der Waals surface area contributed by atoms with Crippen LogP contribution < -0.4 is 0 Å². The van der Waals surface area contributed by atoms with Crippen molar-refractivity contribution in [3.63, 3.8) is 0 Å². The van der Waals surface area contributed by atoms with Crippen LogP contribution in [0.1, 0.15) is 31.1 Å². The van der Waals surface area contributed by atoms with Crippen molar-refractivity contribution >= 4 is 26.7 Å². The van der Waals surface area contributed by atoms with Gasteiger partial charge < -0.3 is 9.47 Å². The van der Waals surface area contributed by atoms with Crippen LogP contribution >= 0.6 is 15.9 Å². The van der Waals surface area contributed by atoms with E-state index in [1.54, 1.807) is 0 Å². The Morgan fingerprint density at radius 2 is 1.68 bits per heavy atom. The molecule has 1 saturated heterocycles. The molecule has 0 bridgehead atoms. The summed E-state index contributed by atoms with van der Waals surface area (Å²) in [4.78, 5) is 0.756. The number of rotatable bonds is 4. The summed E-state index contributed by atoms with van der Waals surface area (Å²) >= 11 is 3.74. The van der Waals surface area contributed by atoms with Gasteiger partial charge in [-0.2, -0.15) is 0 Å². The molecule has 134 valence electrons. The predicted octanol–water partition coefficient (Wildman–Crippen LogP) is 4.76. The first-order valence-corrected chi connectivity index (χ1v) is 10.6. The van der Waals surface area contributed by atoms with E-state index < -0.39 is 16.6 Å². The van der Waals surface area contributed by atoms with Crippen LogP contribution in [0.25, 0.3) is 0 Å². The lowest BCUT2D eigenvalue weighted by atomic mass is 10.0. The fourth-order valence-electron chi connectivity index (χ4n) is 2.98. The van der Waals surface area contributed by atoms with Gasteiger partial charge in [-0.05, 0) is 38.5 Å². The molecule has 3 nitrogen and oxygen atoms in total. The number of benzene rings is 2. The van der Waals surface area contributed by atoms with E-state index in [0.29, 0.717) is 5.75 Å². The van der Waals surface area contributed by atoms with Crippen LogP contribution in [0.4, 0.5) is 0 Å². The van der Waals surface area contributed by atoms with Gasteiger partial charge in [0, 0.05) is 4.90 Å². The molecule has 1 aliphatic heterocycles. The molecule has 0 saturated carbocycles. The Morgan fingerprint density at radius 3 is 2.32 bits per heavy atom. The average Bonchev–Trinajstić information content (AvgIpc) is 2.59. The van der Waals surface area contributed by atoms with E-state index in [-0.39, 0.29) is 17.0 Å². The highest BCUT2D eigenvalue weighted by atomic mass is 79.9. The maximum Gasteiger partial charge on any atom is 0.164 e. The summed E-state index contributed by atoms with van der Waals surface area (Å²) in [5.74, 6) is -0.304. The second kappa shape index (κ2) is 7.70. The molecule has 2 aromatic carbocycles. The summed E-state index contributed by atoms with van der Waals surface area (Å²) in [6, 6.07) is 17.9. The zero-order valence-corrected chi connectivity index (χ0v) is 17.0. The summed E-state index contributed by atoms with van der Waals surface area (Å²) in [6.07, 6.45) is -0.360. The number of aryl methyl sites for hydroxylation is 1. The molecular weight excluding hydrogens is 400 g/mol. The van der Waals surface area contributed by atoms with Crippen molar-refractivity contribution < 1.29 is 13.7 Å². The Morgan fingerprint density at radius 1 is 1.04 bits per heavy atom. The van der Waals surface area contributed by atoms with Crippen molar-refractivity contribution in [1.29, 1.82) is 0 Å². The first-order chi connectivity index (χ1) is 11.9. The van der Waals surface area contributed by atoms with E-state index in [2.05, 4.69) is 15.9 Å². The molecule has 5 heteroatoms. The van der Waals surface area contributed by atoms with Crippen molar-refractivity contribution in [3.05, 3.63) is 65.7 Å². The number of hydrogen-bond donors (Lipinski definition) is 0. The second-order valence-electron chi connectivity index (χ2n) is 6.77. The molecule has 4 atom stereocenters. The Kier molecular flexibility index (Phi) is 5.78. The van der Waals surface area contributed by atoms with Gasteiger partial charge in [-0.25, -0.2) is 0 Å². The van der Waals surface area contributed by atoms with Crippen molar-refractivity contribution in [1.82, 2.24) is 0 Å². The SMILES string of the molecule is Cc1ccc(S(=O)C[C@@H]2OC(C)(C)O[C@H](c3ccccc3)[C@H]2Br)cc1. The van der Waals surface area contributed by atoms with Crippen LogP contribution in [0, 0.1) is 6.92 Å². The molecule has 0 N–H and O–H groups in total. The average molecular weight is 423 g/mol. The molecule has 0 aromatic heterocycles. The molecule has 1 fully saturated rings. The quantitative estimate of drug-likeness (QED) is 0.666. The van der Waals surface area contributed by atoms with Crippen molar-refractivity contribution in [2.45, 2.75) is 48.5 Å². The van der Waals surface area contributed by atoms with E-state index in [1.807, 2.05) is 75.4 Å². The number of halogens is 1. The third kappa shape index (κ3) is 4.59. The summed E-state index contributed by atoms with van der Waals surface area (Å²) in [6.45, 7) is 5.84. The number of ether oxygens (including phenoxy) is 2. The maximum absolute atomic E-state index is 12.8. The molecule has 0 radical (unpaired) electrons. The van der Waals surface area contributed by atoms with E-state index in [1.165, 1.54) is 0 Å². The smallest absolute Gasteiger partial charge is 0.164 e. The molecular formula is C20H23BrO3S. The van der Waals surface area contributed by atoms with Crippen LogP contribution in [-0.4, -0.2) is 26.7 Å². The Hall–Kier alpha value is -1.01. The second-order valence-corrected chi connectivity index (χ2v) is 9.33. The van der Waals surface area contributed by atoms with Gasteiger partial charge in [-0.1, -0.05) is 64.0 Å². The van der Waals surface area contributed by atoms with E-state index in [4.69, 9.17) is 9.47 Å². The van der Waals surface area contributed by atoms with Crippen LogP contribution in [0.2, 0.25) is 0 Å². The number of alkyl halides is 1. The monoisotopic (exact) mass is 422 g/mol. The molecule has 1 heterocycles. The van der Waals surface area contributed by atoms with Gasteiger partial charge in [0.15, 0.2) is 5.79 Å². The normalized spacial score (nSPS) is 27.0. The van der Waals surface area contributed by atoms with Gasteiger partial charge in [0.2, 0.25) is 0 Å². The molecule has 1 aliphatic rings. The van der Waals surface area contributed by atoms with Crippen LogP contribution in [0.3, 0.4) is 0 Å². The lowest BCUT2D eigenvalue weighted by Gasteiger charge is -2.44. The first kappa shape index (κ1) is 18.8. The Bertz CT molecular complexity index is 730. The Balaban J connectivity index is 1.80. The summed E-state index contributed by atoms with van der Waals surface area (Å²) in [5.41, 5.74) is 2.25. The van der Waals surface area contributed by atoms with Gasteiger partial charge in [-0.15, -0.1) is 0 Å².